The zero-order chi connectivity index (χ0) is 19.1. The van der Waals surface area contributed by atoms with Crippen molar-refractivity contribution in [3.8, 4) is 0 Å². The number of halogens is 1. The second kappa shape index (κ2) is 9.78. The Morgan fingerprint density at radius 3 is 2.27 bits per heavy atom. The van der Waals surface area contributed by atoms with E-state index in [1.165, 1.54) is 11.8 Å². The molecule has 0 heterocycles. The van der Waals surface area contributed by atoms with E-state index in [1.807, 2.05) is 69.3 Å². The molecule has 0 saturated carbocycles. The fraction of sp³-hybridized carbons (Fsp3) is 0.300. The first-order valence-electron chi connectivity index (χ1n) is 8.39. The van der Waals surface area contributed by atoms with E-state index in [0.29, 0.717) is 0 Å². The van der Waals surface area contributed by atoms with Gasteiger partial charge in [-0.1, -0.05) is 45.8 Å². The third-order valence-electron chi connectivity index (χ3n) is 3.90. The van der Waals surface area contributed by atoms with Crippen LogP contribution >= 0.6 is 27.7 Å². The quantitative estimate of drug-likeness (QED) is 0.663. The van der Waals surface area contributed by atoms with Crippen LogP contribution in [0.4, 0.5) is 5.69 Å². The lowest BCUT2D eigenvalue weighted by molar-refractivity contribution is -0.120. The molecule has 138 valence electrons. The summed E-state index contributed by atoms with van der Waals surface area (Å²) in [6.07, 6.45) is 0. The maximum Gasteiger partial charge on any atom is 0.234 e. The number of amides is 2. The van der Waals surface area contributed by atoms with Gasteiger partial charge in [0.25, 0.3) is 0 Å². The maximum absolute atomic E-state index is 12.3. The first kappa shape index (κ1) is 20.5. The highest BCUT2D eigenvalue weighted by Gasteiger charge is 2.18. The lowest BCUT2D eigenvalue weighted by Gasteiger charge is -2.18. The molecule has 2 unspecified atom stereocenters. The third kappa shape index (κ3) is 6.50. The van der Waals surface area contributed by atoms with Gasteiger partial charge in [0.1, 0.15) is 0 Å². The Bertz CT molecular complexity index is 747. The fourth-order valence-corrected chi connectivity index (χ4v) is 3.23. The molecule has 0 bridgehead atoms. The highest BCUT2D eigenvalue weighted by molar-refractivity contribution is 9.10. The van der Waals surface area contributed by atoms with Gasteiger partial charge in [0, 0.05) is 10.2 Å². The van der Waals surface area contributed by atoms with Crippen molar-refractivity contribution < 1.29 is 9.59 Å². The van der Waals surface area contributed by atoms with Gasteiger partial charge in [-0.2, -0.15) is 0 Å². The molecule has 2 N–H and O–H groups in total. The van der Waals surface area contributed by atoms with Crippen molar-refractivity contribution in [2.45, 2.75) is 32.1 Å². The first-order chi connectivity index (χ1) is 12.3. The van der Waals surface area contributed by atoms with Crippen molar-refractivity contribution in [1.29, 1.82) is 0 Å². The van der Waals surface area contributed by atoms with Crippen LogP contribution in [0.2, 0.25) is 0 Å². The minimum Gasteiger partial charge on any atom is -0.349 e. The molecule has 2 atom stereocenters. The van der Waals surface area contributed by atoms with Gasteiger partial charge >= 0.3 is 0 Å². The number of carbonyl (C=O) groups is 2. The van der Waals surface area contributed by atoms with Crippen molar-refractivity contribution in [2.24, 2.45) is 0 Å². The van der Waals surface area contributed by atoms with Crippen LogP contribution in [0.5, 0.6) is 0 Å². The number of rotatable bonds is 7. The summed E-state index contributed by atoms with van der Waals surface area (Å²) in [7, 11) is 0. The molecule has 2 aromatic rings. The smallest absolute Gasteiger partial charge is 0.234 e. The number of anilines is 1. The largest absolute Gasteiger partial charge is 0.349 e. The van der Waals surface area contributed by atoms with Crippen LogP contribution < -0.4 is 10.6 Å². The molecule has 4 nitrogen and oxygen atoms in total. The van der Waals surface area contributed by atoms with E-state index in [-0.39, 0.29) is 28.9 Å². The molecule has 0 aromatic heterocycles. The van der Waals surface area contributed by atoms with E-state index in [0.717, 1.165) is 21.3 Å². The van der Waals surface area contributed by atoms with E-state index in [1.54, 1.807) is 0 Å². The second-order valence-corrected chi connectivity index (χ2v) is 8.39. The van der Waals surface area contributed by atoms with Crippen molar-refractivity contribution >= 4 is 45.2 Å². The molecule has 0 radical (unpaired) electrons. The summed E-state index contributed by atoms with van der Waals surface area (Å²) in [4.78, 5) is 24.4. The van der Waals surface area contributed by atoms with Crippen molar-refractivity contribution in [3.05, 3.63) is 64.1 Å². The van der Waals surface area contributed by atoms with Gasteiger partial charge in [0.2, 0.25) is 11.8 Å². The van der Waals surface area contributed by atoms with Gasteiger partial charge < -0.3 is 10.6 Å². The molecule has 0 aliphatic heterocycles. The molecular formula is C20H23BrN2O2S. The van der Waals surface area contributed by atoms with Crippen LogP contribution in [0.25, 0.3) is 0 Å². The van der Waals surface area contributed by atoms with E-state index in [4.69, 9.17) is 0 Å². The van der Waals surface area contributed by atoms with Gasteiger partial charge in [-0.05, 0) is 50.6 Å². The predicted octanol–water partition coefficient (Wildman–Crippen LogP) is 4.70. The number of nitrogens with one attached hydrogen (secondary N) is 2. The Balaban J connectivity index is 1.78. The Hall–Kier alpha value is -1.79. The molecule has 2 aromatic carbocycles. The number of hydrogen-bond acceptors (Lipinski definition) is 3. The van der Waals surface area contributed by atoms with E-state index < -0.39 is 0 Å². The Labute approximate surface area is 167 Å². The van der Waals surface area contributed by atoms with Crippen LogP contribution in [0, 0.1) is 6.92 Å². The number of aryl methyl sites for hydroxylation is 1. The predicted molar refractivity (Wildman–Crippen MR) is 112 cm³/mol. The first-order valence-corrected chi connectivity index (χ1v) is 10.2. The monoisotopic (exact) mass is 434 g/mol. The zero-order valence-electron chi connectivity index (χ0n) is 15.1. The molecule has 6 heteroatoms. The standard InChI is InChI=1S/C20H23BrN2O2S/c1-13-4-10-18(11-5-13)23-19(24)12-26-15(3)20(25)22-14(2)16-6-8-17(21)9-7-16/h4-11,14-15H,12H2,1-3H3,(H,22,25)(H,23,24). The Kier molecular flexibility index (Phi) is 7.72. The molecule has 0 saturated heterocycles. The van der Waals surface area contributed by atoms with Crippen LogP contribution in [-0.4, -0.2) is 22.8 Å². The Morgan fingerprint density at radius 1 is 1.04 bits per heavy atom. The minimum atomic E-state index is -0.309. The van der Waals surface area contributed by atoms with Crippen LogP contribution in [-0.2, 0) is 9.59 Å². The summed E-state index contributed by atoms with van der Waals surface area (Å²) < 4.78 is 1.00. The van der Waals surface area contributed by atoms with Gasteiger partial charge in [-0.25, -0.2) is 0 Å². The topological polar surface area (TPSA) is 58.2 Å². The molecule has 26 heavy (non-hydrogen) atoms. The summed E-state index contributed by atoms with van der Waals surface area (Å²) in [5.74, 6) is 0.0443. The average Bonchev–Trinajstić information content (AvgIpc) is 2.62. The summed E-state index contributed by atoms with van der Waals surface area (Å²) in [5, 5.41) is 5.52. The SMILES string of the molecule is Cc1ccc(NC(=O)CSC(C)C(=O)NC(C)c2ccc(Br)cc2)cc1. The zero-order valence-corrected chi connectivity index (χ0v) is 17.5. The summed E-state index contributed by atoms with van der Waals surface area (Å²) in [5.41, 5.74) is 2.94. The summed E-state index contributed by atoms with van der Waals surface area (Å²) in [6, 6.07) is 15.4. The molecule has 0 fully saturated rings. The minimum absolute atomic E-state index is 0.0754. The van der Waals surface area contributed by atoms with Crippen LogP contribution in [0.15, 0.2) is 53.0 Å². The number of benzene rings is 2. The van der Waals surface area contributed by atoms with Gasteiger partial charge in [-0.15, -0.1) is 11.8 Å². The number of carbonyl (C=O) groups excluding carboxylic acids is 2. The van der Waals surface area contributed by atoms with Crippen LogP contribution in [0.1, 0.15) is 31.0 Å². The fourth-order valence-electron chi connectivity index (χ4n) is 2.28. The molecule has 0 spiro atoms. The van der Waals surface area contributed by atoms with E-state index in [9.17, 15) is 9.59 Å². The lowest BCUT2D eigenvalue weighted by atomic mass is 10.1. The van der Waals surface area contributed by atoms with E-state index >= 15 is 0 Å². The Morgan fingerprint density at radius 2 is 1.65 bits per heavy atom. The lowest BCUT2D eigenvalue weighted by Crippen LogP contribution is -2.33. The molecule has 0 aliphatic carbocycles. The molecular weight excluding hydrogens is 412 g/mol. The molecule has 2 rings (SSSR count). The molecule has 0 aliphatic rings. The van der Waals surface area contributed by atoms with Gasteiger partial charge in [-0.3, -0.25) is 9.59 Å². The van der Waals surface area contributed by atoms with Gasteiger partial charge in [0.15, 0.2) is 0 Å². The van der Waals surface area contributed by atoms with Crippen molar-refractivity contribution in [3.63, 3.8) is 0 Å². The second-order valence-electron chi connectivity index (χ2n) is 6.15. The highest BCUT2D eigenvalue weighted by atomic mass is 79.9. The third-order valence-corrected chi connectivity index (χ3v) is 5.57. The number of thioether (sulfide) groups is 1. The van der Waals surface area contributed by atoms with Gasteiger partial charge in [0.05, 0.1) is 17.0 Å². The average molecular weight is 435 g/mol. The number of hydrogen-bond donors (Lipinski definition) is 2. The summed E-state index contributed by atoms with van der Waals surface area (Å²) >= 11 is 4.72. The normalized spacial score (nSPS) is 12.9. The van der Waals surface area contributed by atoms with Crippen LogP contribution in [0.3, 0.4) is 0 Å². The maximum atomic E-state index is 12.3. The summed E-state index contributed by atoms with van der Waals surface area (Å²) in [6.45, 7) is 5.76. The van der Waals surface area contributed by atoms with Crippen molar-refractivity contribution in [2.75, 3.05) is 11.1 Å². The van der Waals surface area contributed by atoms with E-state index in [2.05, 4.69) is 26.6 Å². The molecule has 2 amide bonds. The highest BCUT2D eigenvalue weighted by Crippen LogP contribution is 2.18. The van der Waals surface area contributed by atoms with Crippen molar-refractivity contribution in [1.82, 2.24) is 5.32 Å².